The van der Waals surface area contributed by atoms with Crippen LogP contribution in [0.5, 0.6) is 0 Å². The molecule has 1 aliphatic rings. The smallest absolute Gasteiger partial charge is 0.129 e. The largest absolute Gasteiger partial charge is 0.399 e. The van der Waals surface area contributed by atoms with Crippen molar-refractivity contribution >= 4 is 11.4 Å². The number of hydrogen-bond donors (Lipinski definition) is 0. The SMILES string of the molecule is CO/N=C1\CCCc2cnc(CCCO/N=C(\C)c3ccncn3)nc21. The average Bonchev–Trinajstić information content (AvgIpc) is 2.69. The van der Waals surface area contributed by atoms with E-state index in [0.717, 1.165) is 66.3 Å². The molecule has 2 heterocycles. The van der Waals surface area contributed by atoms with Crippen LogP contribution in [-0.2, 0) is 22.5 Å². The maximum atomic E-state index is 5.37. The lowest BCUT2D eigenvalue weighted by Gasteiger charge is -2.16. The van der Waals surface area contributed by atoms with E-state index >= 15 is 0 Å². The Hall–Kier alpha value is -2.90. The van der Waals surface area contributed by atoms with Gasteiger partial charge in [0, 0.05) is 18.8 Å². The summed E-state index contributed by atoms with van der Waals surface area (Å²) in [4.78, 5) is 27.4. The lowest BCUT2D eigenvalue weighted by atomic mass is 9.95. The molecule has 2 aromatic rings. The molecule has 0 aliphatic heterocycles. The standard InChI is InChI=1S/C18H22N6O2/c1-13(15-8-9-19-12-21-15)23-26-10-4-7-17-20-11-14-5-3-6-16(24-25-2)18(14)22-17/h8-9,11-12H,3-7,10H2,1-2H3/b23-13+,24-16+. The van der Waals surface area contributed by atoms with Crippen molar-refractivity contribution in [1.29, 1.82) is 0 Å². The number of oxime groups is 2. The number of rotatable bonds is 7. The van der Waals surface area contributed by atoms with Crippen LogP contribution in [0, 0.1) is 0 Å². The third-order valence-corrected chi connectivity index (χ3v) is 4.04. The van der Waals surface area contributed by atoms with Crippen LogP contribution in [0.2, 0.25) is 0 Å². The molecular formula is C18H22N6O2. The maximum absolute atomic E-state index is 5.37. The Kier molecular flexibility index (Phi) is 6.19. The van der Waals surface area contributed by atoms with Gasteiger partial charge in [0.1, 0.15) is 37.3 Å². The van der Waals surface area contributed by atoms with Crippen molar-refractivity contribution < 1.29 is 9.68 Å². The molecule has 1 aliphatic carbocycles. The molecule has 0 saturated heterocycles. The Morgan fingerprint density at radius 3 is 3.00 bits per heavy atom. The van der Waals surface area contributed by atoms with Crippen LogP contribution >= 0.6 is 0 Å². The highest BCUT2D eigenvalue weighted by atomic mass is 16.6. The van der Waals surface area contributed by atoms with Crippen molar-refractivity contribution in [3.63, 3.8) is 0 Å². The monoisotopic (exact) mass is 354 g/mol. The zero-order valence-electron chi connectivity index (χ0n) is 15.1. The van der Waals surface area contributed by atoms with Crippen LogP contribution in [0.4, 0.5) is 0 Å². The van der Waals surface area contributed by atoms with Gasteiger partial charge in [-0.2, -0.15) is 0 Å². The molecule has 0 aromatic carbocycles. The number of fused-ring (bicyclic) bond motifs is 1. The first kappa shape index (κ1) is 17.9. The van der Waals surface area contributed by atoms with Gasteiger partial charge in [-0.1, -0.05) is 10.3 Å². The van der Waals surface area contributed by atoms with Gasteiger partial charge in [0.2, 0.25) is 0 Å². The normalized spacial score (nSPS) is 15.6. The second-order valence-electron chi connectivity index (χ2n) is 5.94. The van der Waals surface area contributed by atoms with E-state index in [-0.39, 0.29) is 0 Å². The van der Waals surface area contributed by atoms with Gasteiger partial charge in [0.15, 0.2) is 0 Å². The Balaban J connectivity index is 1.53. The van der Waals surface area contributed by atoms with Crippen molar-refractivity contribution in [2.75, 3.05) is 13.7 Å². The van der Waals surface area contributed by atoms with Crippen LogP contribution in [0.15, 0.2) is 35.1 Å². The molecule has 0 bridgehead atoms. The molecule has 136 valence electrons. The minimum atomic E-state index is 0.488. The Morgan fingerprint density at radius 1 is 1.27 bits per heavy atom. The van der Waals surface area contributed by atoms with Crippen molar-refractivity contribution in [3.8, 4) is 0 Å². The van der Waals surface area contributed by atoms with E-state index in [0.29, 0.717) is 6.61 Å². The lowest BCUT2D eigenvalue weighted by Crippen LogP contribution is -2.17. The number of aryl methyl sites for hydroxylation is 2. The summed E-state index contributed by atoms with van der Waals surface area (Å²) in [5.74, 6) is 0.787. The van der Waals surface area contributed by atoms with Crippen LogP contribution in [0.25, 0.3) is 0 Å². The average molecular weight is 354 g/mol. The first-order chi connectivity index (χ1) is 12.8. The summed E-state index contributed by atoms with van der Waals surface area (Å²) in [6.07, 6.45) is 9.48. The van der Waals surface area contributed by atoms with Crippen LogP contribution in [0.1, 0.15) is 49.0 Å². The molecule has 0 fully saturated rings. The highest BCUT2D eigenvalue weighted by Gasteiger charge is 2.18. The fourth-order valence-electron chi connectivity index (χ4n) is 2.75. The summed E-state index contributed by atoms with van der Waals surface area (Å²) in [6, 6.07) is 1.79. The first-order valence-corrected chi connectivity index (χ1v) is 8.66. The van der Waals surface area contributed by atoms with Crippen molar-refractivity contribution in [3.05, 3.63) is 47.6 Å². The van der Waals surface area contributed by atoms with E-state index in [1.165, 1.54) is 6.33 Å². The predicted octanol–water partition coefficient (Wildman–Crippen LogP) is 2.33. The van der Waals surface area contributed by atoms with Crippen molar-refractivity contribution in [1.82, 2.24) is 19.9 Å². The summed E-state index contributed by atoms with van der Waals surface area (Å²) < 4.78 is 0. The summed E-state index contributed by atoms with van der Waals surface area (Å²) in [5, 5.41) is 8.18. The van der Waals surface area contributed by atoms with Gasteiger partial charge < -0.3 is 9.68 Å². The quantitative estimate of drug-likeness (QED) is 0.430. The second-order valence-corrected chi connectivity index (χ2v) is 5.94. The van der Waals surface area contributed by atoms with E-state index in [2.05, 4.69) is 30.2 Å². The van der Waals surface area contributed by atoms with Crippen LogP contribution < -0.4 is 0 Å². The number of aromatic nitrogens is 4. The maximum Gasteiger partial charge on any atom is 0.129 e. The summed E-state index contributed by atoms with van der Waals surface area (Å²) in [5.41, 5.74) is 4.43. The molecule has 0 N–H and O–H groups in total. The minimum Gasteiger partial charge on any atom is -0.399 e. The zero-order valence-corrected chi connectivity index (χ0v) is 15.1. The van der Waals surface area contributed by atoms with E-state index in [1.54, 1.807) is 19.4 Å². The fraction of sp³-hybridized carbons (Fsp3) is 0.444. The summed E-state index contributed by atoms with van der Waals surface area (Å²) in [6.45, 7) is 2.34. The van der Waals surface area contributed by atoms with Crippen molar-refractivity contribution in [2.45, 2.75) is 39.0 Å². The van der Waals surface area contributed by atoms with E-state index in [4.69, 9.17) is 9.68 Å². The van der Waals surface area contributed by atoms with Crippen molar-refractivity contribution in [2.24, 2.45) is 10.3 Å². The molecule has 0 saturated carbocycles. The van der Waals surface area contributed by atoms with Gasteiger partial charge in [-0.15, -0.1) is 0 Å². The molecule has 0 spiro atoms. The molecule has 0 amide bonds. The highest BCUT2D eigenvalue weighted by Crippen LogP contribution is 2.20. The summed E-state index contributed by atoms with van der Waals surface area (Å²) in [7, 11) is 1.56. The zero-order chi connectivity index (χ0) is 18.2. The molecule has 0 atom stereocenters. The Labute approximate surface area is 152 Å². The Morgan fingerprint density at radius 2 is 2.19 bits per heavy atom. The molecule has 8 heteroatoms. The molecule has 8 nitrogen and oxygen atoms in total. The minimum absolute atomic E-state index is 0.488. The lowest BCUT2D eigenvalue weighted by molar-refractivity contribution is 0.141. The van der Waals surface area contributed by atoms with Gasteiger partial charge >= 0.3 is 0 Å². The topological polar surface area (TPSA) is 94.7 Å². The summed E-state index contributed by atoms with van der Waals surface area (Å²) >= 11 is 0. The second kappa shape index (κ2) is 8.98. The van der Waals surface area contributed by atoms with Gasteiger partial charge in [-0.05, 0) is 44.2 Å². The predicted molar refractivity (Wildman–Crippen MR) is 97.0 cm³/mol. The molecule has 26 heavy (non-hydrogen) atoms. The third kappa shape index (κ3) is 4.59. The van der Waals surface area contributed by atoms with E-state index < -0.39 is 0 Å². The van der Waals surface area contributed by atoms with Crippen LogP contribution in [-0.4, -0.2) is 45.1 Å². The first-order valence-electron chi connectivity index (χ1n) is 8.66. The fourth-order valence-corrected chi connectivity index (χ4v) is 2.75. The molecule has 0 unspecified atom stereocenters. The van der Waals surface area contributed by atoms with Gasteiger partial charge in [0.05, 0.1) is 11.4 Å². The van der Waals surface area contributed by atoms with Gasteiger partial charge in [-0.3, -0.25) is 0 Å². The number of nitrogens with zero attached hydrogens (tertiary/aromatic N) is 6. The highest BCUT2D eigenvalue weighted by molar-refractivity contribution is 6.00. The molecule has 3 rings (SSSR count). The van der Waals surface area contributed by atoms with Crippen LogP contribution in [0.3, 0.4) is 0 Å². The molecular weight excluding hydrogens is 332 g/mol. The molecule has 2 aromatic heterocycles. The number of hydrogen-bond acceptors (Lipinski definition) is 8. The van der Waals surface area contributed by atoms with Gasteiger partial charge in [0.25, 0.3) is 0 Å². The Bertz CT molecular complexity index is 792. The van der Waals surface area contributed by atoms with E-state index in [1.807, 2.05) is 13.1 Å². The van der Waals surface area contributed by atoms with Gasteiger partial charge in [-0.25, -0.2) is 19.9 Å². The molecule has 0 radical (unpaired) electrons. The van der Waals surface area contributed by atoms with E-state index in [9.17, 15) is 0 Å². The third-order valence-electron chi connectivity index (χ3n) is 4.04.